The highest BCUT2D eigenvalue weighted by molar-refractivity contribution is 5.78. The number of benzene rings is 2. The van der Waals surface area contributed by atoms with Gasteiger partial charge in [0.25, 0.3) is 0 Å². The molecule has 3 heteroatoms. The fourth-order valence-corrected chi connectivity index (χ4v) is 4.65. The molecular weight excluding hydrogens is 368 g/mol. The van der Waals surface area contributed by atoms with Crippen molar-refractivity contribution in [3.63, 3.8) is 0 Å². The quantitative estimate of drug-likeness (QED) is 0.590. The first kappa shape index (κ1) is 22.6. The van der Waals surface area contributed by atoms with Gasteiger partial charge < -0.3 is 4.90 Å². The molecule has 0 N–H and O–H groups in total. The second-order valence-corrected chi connectivity index (χ2v) is 9.75. The van der Waals surface area contributed by atoms with Crippen molar-refractivity contribution >= 4 is 5.91 Å². The van der Waals surface area contributed by atoms with Crippen molar-refractivity contribution in [2.24, 2.45) is 17.8 Å². The van der Waals surface area contributed by atoms with Crippen LogP contribution in [0.3, 0.4) is 0 Å². The number of aryl methyl sites for hydroxylation is 1. The summed E-state index contributed by atoms with van der Waals surface area (Å²) in [6.07, 6.45) is 0. The maximum atomic E-state index is 12.9. The van der Waals surface area contributed by atoms with E-state index in [4.69, 9.17) is 0 Å². The zero-order valence-electron chi connectivity index (χ0n) is 19.3. The second-order valence-electron chi connectivity index (χ2n) is 9.75. The average molecular weight is 407 g/mol. The summed E-state index contributed by atoms with van der Waals surface area (Å²) in [5, 5.41) is 0. The van der Waals surface area contributed by atoms with Crippen LogP contribution in [-0.2, 0) is 11.3 Å². The Kier molecular flexibility index (Phi) is 7.71. The molecule has 0 bridgehead atoms. The molecule has 2 aromatic rings. The van der Waals surface area contributed by atoms with Gasteiger partial charge in [-0.25, -0.2) is 0 Å². The van der Waals surface area contributed by atoms with Gasteiger partial charge in [-0.05, 0) is 29.9 Å². The minimum absolute atomic E-state index is 0.0448. The van der Waals surface area contributed by atoms with Gasteiger partial charge in [0, 0.05) is 44.6 Å². The summed E-state index contributed by atoms with van der Waals surface area (Å²) in [5.41, 5.74) is 4.06. The van der Waals surface area contributed by atoms with Crippen LogP contribution < -0.4 is 0 Å². The number of amides is 1. The highest BCUT2D eigenvalue weighted by Crippen LogP contribution is 2.34. The highest BCUT2D eigenvalue weighted by Gasteiger charge is 2.36. The Labute approximate surface area is 183 Å². The van der Waals surface area contributed by atoms with Gasteiger partial charge in [0.15, 0.2) is 0 Å². The second kappa shape index (κ2) is 10.3. The van der Waals surface area contributed by atoms with E-state index in [-0.39, 0.29) is 11.8 Å². The van der Waals surface area contributed by atoms with Crippen LogP contribution in [-0.4, -0.2) is 41.9 Å². The Morgan fingerprint density at radius 3 is 2.27 bits per heavy atom. The molecule has 1 amide bonds. The minimum atomic E-state index is 0.0448. The molecule has 2 atom stereocenters. The molecule has 30 heavy (non-hydrogen) atoms. The van der Waals surface area contributed by atoms with E-state index in [0.29, 0.717) is 17.8 Å². The maximum absolute atomic E-state index is 12.9. The van der Waals surface area contributed by atoms with Gasteiger partial charge in [-0.15, -0.1) is 0 Å². The number of carbonyl (C=O) groups excluding carboxylic acids is 1. The van der Waals surface area contributed by atoms with Crippen LogP contribution in [0.25, 0.3) is 0 Å². The van der Waals surface area contributed by atoms with E-state index >= 15 is 0 Å². The predicted octanol–water partition coefficient (Wildman–Crippen LogP) is 5.35. The van der Waals surface area contributed by atoms with E-state index in [9.17, 15) is 4.79 Å². The molecule has 0 radical (unpaired) electrons. The molecule has 3 rings (SSSR count). The lowest BCUT2D eigenvalue weighted by molar-refractivity contribution is -0.135. The molecule has 1 saturated heterocycles. The monoisotopic (exact) mass is 406 g/mol. The number of nitrogens with zero attached hydrogens (tertiary/aromatic N) is 2. The van der Waals surface area contributed by atoms with Crippen LogP contribution in [0.15, 0.2) is 54.6 Å². The molecule has 0 spiro atoms. The van der Waals surface area contributed by atoms with Crippen molar-refractivity contribution < 1.29 is 4.79 Å². The summed E-state index contributed by atoms with van der Waals surface area (Å²) in [6, 6.07) is 19.7. The number of hydrogen-bond acceptors (Lipinski definition) is 2. The smallest absolute Gasteiger partial charge is 0.225 e. The SMILES string of the molecule is Cc1ccc(C2CN(Cc3ccccc3)CC2CN(CC(C)C)C(=O)C(C)C)cc1. The van der Waals surface area contributed by atoms with Gasteiger partial charge >= 0.3 is 0 Å². The fourth-order valence-electron chi connectivity index (χ4n) is 4.65. The maximum Gasteiger partial charge on any atom is 0.225 e. The Morgan fingerprint density at radius 1 is 1.00 bits per heavy atom. The van der Waals surface area contributed by atoms with E-state index < -0.39 is 0 Å². The molecule has 1 aliphatic heterocycles. The molecule has 0 saturated carbocycles. The molecule has 0 aliphatic carbocycles. The zero-order chi connectivity index (χ0) is 21.7. The lowest BCUT2D eigenvalue weighted by atomic mass is 9.88. The molecular formula is C27H38N2O. The van der Waals surface area contributed by atoms with Gasteiger partial charge in [-0.2, -0.15) is 0 Å². The average Bonchev–Trinajstić information content (AvgIpc) is 3.10. The lowest BCUT2D eigenvalue weighted by Gasteiger charge is -2.31. The standard InChI is InChI=1S/C27H38N2O/c1-20(2)15-29(27(30)21(3)4)18-25-17-28(16-23-9-7-6-8-10-23)19-26(25)24-13-11-22(5)12-14-24/h6-14,20-21,25-26H,15-19H2,1-5H3. The van der Waals surface area contributed by atoms with E-state index in [2.05, 4.69) is 85.2 Å². The summed E-state index contributed by atoms with van der Waals surface area (Å²) >= 11 is 0. The van der Waals surface area contributed by atoms with Gasteiger partial charge in [0.05, 0.1) is 0 Å². The summed E-state index contributed by atoms with van der Waals surface area (Å²) in [5.74, 6) is 1.73. The van der Waals surface area contributed by atoms with Crippen molar-refractivity contribution in [1.82, 2.24) is 9.80 Å². The largest absolute Gasteiger partial charge is 0.342 e. The molecule has 2 aromatic carbocycles. The summed E-state index contributed by atoms with van der Waals surface area (Å²) < 4.78 is 0. The Balaban J connectivity index is 1.81. The summed E-state index contributed by atoms with van der Waals surface area (Å²) in [6.45, 7) is 15.3. The van der Waals surface area contributed by atoms with Crippen LogP contribution >= 0.6 is 0 Å². The topological polar surface area (TPSA) is 23.6 Å². The van der Waals surface area contributed by atoms with Crippen LogP contribution in [0.4, 0.5) is 0 Å². The number of rotatable bonds is 8. The molecule has 3 nitrogen and oxygen atoms in total. The number of likely N-dealkylation sites (tertiary alicyclic amines) is 1. The first-order valence-corrected chi connectivity index (χ1v) is 11.4. The van der Waals surface area contributed by atoms with Crippen molar-refractivity contribution in [1.29, 1.82) is 0 Å². The summed E-state index contributed by atoms with van der Waals surface area (Å²) in [7, 11) is 0. The van der Waals surface area contributed by atoms with E-state index in [1.54, 1.807) is 0 Å². The lowest BCUT2D eigenvalue weighted by Crippen LogP contribution is -2.41. The van der Waals surface area contributed by atoms with E-state index in [1.165, 1.54) is 16.7 Å². The molecule has 2 unspecified atom stereocenters. The van der Waals surface area contributed by atoms with Crippen LogP contribution in [0.5, 0.6) is 0 Å². The third-order valence-electron chi connectivity index (χ3n) is 6.12. The zero-order valence-corrected chi connectivity index (χ0v) is 19.3. The first-order chi connectivity index (χ1) is 14.3. The van der Waals surface area contributed by atoms with Crippen LogP contribution in [0.1, 0.15) is 50.3 Å². The van der Waals surface area contributed by atoms with Gasteiger partial charge in [0.1, 0.15) is 0 Å². The van der Waals surface area contributed by atoms with Crippen LogP contribution in [0.2, 0.25) is 0 Å². The van der Waals surface area contributed by atoms with Gasteiger partial charge in [0.2, 0.25) is 5.91 Å². The number of hydrogen-bond donors (Lipinski definition) is 0. The van der Waals surface area contributed by atoms with Crippen molar-refractivity contribution in [3.05, 3.63) is 71.3 Å². The highest BCUT2D eigenvalue weighted by atomic mass is 16.2. The van der Waals surface area contributed by atoms with E-state index in [0.717, 1.165) is 32.7 Å². The minimum Gasteiger partial charge on any atom is -0.342 e. The molecule has 0 aromatic heterocycles. The van der Waals surface area contributed by atoms with Gasteiger partial charge in [-0.3, -0.25) is 9.69 Å². The third kappa shape index (κ3) is 5.95. The Morgan fingerprint density at radius 2 is 1.67 bits per heavy atom. The predicted molar refractivity (Wildman–Crippen MR) is 125 cm³/mol. The van der Waals surface area contributed by atoms with Crippen molar-refractivity contribution in [2.75, 3.05) is 26.2 Å². The molecule has 1 aliphatic rings. The normalized spacial score (nSPS) is 19.6. The van der Waals surface area contributed by atoms with Gasteiger partial charge in [-0.1, -0.05) is 87.9 Å². The van der Waals surface area contributed by atoms with Crippen LogP contribution in [0, 0.1) is 24.7 Å². The molecule has 162 valence electrons. The summed E-state index contributed by atoms with van der Waals surface area (Å²) in [4.78, 5) is 17.6. The first-order valence-electron chi connectivity index (χ1n) is 11.4. The Bertz CT molecular complexity index is 797. The van der Waals surface area contributed by atoms with E-state index in [1.807, 2.05) is 13.8 Å². The van der Waals surface area contributed by atoms with Crippen molar-refractivity contribution in [2.45, 2.75) is 47.1 Å². The molecule has 1 fully saturated rings. The third-order valence-corrected chi connectivity index (χ3v) is 6.12. The van der Waals surface area contributed by atoms with Crippen molar-refractivity contribution in [3.8, 4) is 0 Å². The Hall–Kier alpha value is -2.13. The molecule has 1 heterocycles. The number of carbonyl (C=O) groups is 1. The fraction of sp³-hybridized carbons (Fsp3) is 0.519.